The Hall–Kier alpha value is -3.81. The zero-order chi connectivity index (χ0) is 28.5. The van der Waals surface area contributed by atoms with E-state index in [1.54, 1.807) is 18.7 Å². The second-order valence-electron chi connectivity index (χ2n) is 8.91. The van der Waals surface area contributed by atoms with E-state index < -0.39 is 30.2 Å². The number of hydrogen-bond donors (Lipinski definition) is 1. The third kappa shape index (κ3) is 6.10. The van der Waals surface area contributed by atoms with E-state index in [0.717, 1.165) is 24.5 Å². The van der Waals surface area contributed by atoms with E-state index in [-0.39, 0.29) is 53.1 Å². The van der Waals surface area contributed by atoms with Gasteiger partial charge in [-0.1, -0.05) is 6.92 Å². The van der Waals surface area contributed by atoms with Crippen LogP contribution in [0.15, 0.2) is 35.0 Å². The van der Waals surface area contributed by atoms with Gasteiger partial charge in [0.25, 0.3) is 0 Å². The van der Waals surface area contributed by atoms with Crippen LogP contribution < -0.4 is 10.6 Å². The highest BCUT2D eigenvalue weighted by molar-refractivity contribution is 5.88. The summed E-state index contributed by atoms with van der Waals surface area (Å²) in [6.07, 6.45) is -3.28. The molecule has 0 spiro atoms. The first-order valence-corrected chi connectivity index (χ1v) is 11.9. The number of halogens is 6. The van der Waals surface area contributed by atoms with Crippen LogP contribution in [0.2, 0.25) is 0 Å². The van der Waals surface area contributed by atoms with Crippen molar-refractivity contribution in [3.05, 3.63) is 52.7 Å². The summed E-state index contributed by atoms with van der Waals surface area (Å²) in [6.45, 7) is 2.69. The second-order valence-corrected chi connectivity index (χ2v) is 8.91. The summed E-state index contributed by atoms with van der Waals surface area (Å²) >= 11 is 0. The molecule has 0 radical (unpaired) electrons. The molecule has 39 heavy (non-hydrogen) atoms. The number of nitrogens with zero attached hydrogens (tertiary/aromatic N) is 6. The molecule has 0 saturated carbocycles. The summed E-state index contributed by atoms with van der Waals surface area (Å²) in [5.74, 6) is -1.05. The summed E-state index contributed by atoms with van der Waals surface area (Å²) in [4.78, 5) is 22.7. The van der Waals surface area contributed by atoms with Crippen molar-refractivity contribution in [3.8, 4) is 11.3 Å². The average molecular weight is 554 g/mol. The van der Waals surface area contributed by atoms with E-state index in [0.29, 0.717) is 23.9 Å². The van der Waals surface area contributed by atoms with Gasteiger partial charge in [0.05, 0.1) is 29.6 Å². The second kappa shape index (κ2) is 11.1. The van der Waals surface area contributed by atoms with Crippen molar-refractivity contribution in [1.82, 2.24) is 19.9 Å². The number of aromatic nitrogens is 4. The smallest absolute Gasteiger partial charge is 0.404 e. The molecule has 8 nitrogen and oxygen atoms in total. The van der Waals surface area contributed by atoms with Crippen LogP contribution in [0.1, 0.15) is 30.3 Å². The van der Waals surface area contributed by atoms with Crippen molar-refractivity contribution in [2.75, 3.05) is 18.0 Å². The molecule has 208 valence electrons. The summed E-state index contributed by atoms with van der Waals surface area (Å²) in [5, 5.41) is 0. The van der Waals surface area contributed by atoms with Crippen LogP contribution >= 0.6 is 0 Å². The molecule has 0 aliphatic carbocycles. The van der Waals surface area contributed by atoms with Crippen molar-refractivity contribution in [2.45, 2.75) is 52.1 Å². The summed E-state index contributed by atoms with van der Waals surface area (Å²) in [7, 11) is 0. The van der Waals surface area contributed by atoms with Crippen molar-refractivity contribution in [2.24, 2.45) is 10.7 Å². The lowest BCUT2D eigenvalue weighted by Gasteiger charge is -2.38. The maximum Gasteiger partial charge on any atom is 0.416 e. The van der Waals surface area contributed by atoms with Gasteiger partial charge in [0.2, 0.25) is 5.95 Å². The van der Waals surface area contributed by atoms with Crippen LogP contribution in [0.4, 0.5) is 32.3 Å². The van der Waals surface area contributed by atoms with Crippen LogP contribution in [-0.2, 0) is 10.9 Å². The molecular weight excluding hydrogens is 528 g/mol. The minimum atomic E-state index is -4.73. The molecule has 4 rings (SSSR count). The third-order valence-corrected chi connectivity index (χ3v) is 6.29. The fourth-order valence-electron chi connectivity index (χ4n) is 4.10. The molecule has 2 aromatic heterocycles. The number of nitrogens with two attached hydrogens (primary N) is 1. The number of aryl methyl sites for hydroxylation is 2. The van der Waals surface area contributed by atoms with Crippen LogP contribution in [0.3, 0.4) is 0 Å². The molecule has 1 saturated heterocycles. The monoisotopic (exact) mass is 553 g/mol. The predicted molar refractivity (Wildman–Crippen MR) is 133 cm³/mol. The lowest BCUT2D eigenvalue weighted by molar-refractivity contribution is -0.137. The Morgan fingerprint density at radius 3 is 2.49 bits per heavy atom. The van der Waals surface area contributed by atoms with Crippen molar-refractivity contribution in [1.29, 1.82) is 0 Å². The molecule has 14 heteroatoms. The van der Waals surface area contributed by atoms with Gasteiger partial charge in [-0.25, -0.2) is 24.3 Å². The zero-order valence-corrected chi connectivity index (χ0v) is 21.2. The summed E-state index contributed by atoms with van der Waals surface area (Å²) in [5.41, 5.74) is 5.76. The fraction of sp³-hybridized carbons (Fsp3) is 0.400. The van der Waals surface area contributed by atoms with Crippen LogP contribution in [0, 0.1) is 19.7 Å². The lowest BCUT2D eigenvalue weighted by Crippen LogP contribution is -2.49. The Morgan fingerprint density at radius 2 is 1.87 bits per heavy atom. The van der Waals surface area contributed by atoms with Gasteiger partial charge in [0.15, 0.2) is 5.65 Å². The number of ether oxygens (including phenoxy) is 1. The molecule has 1 aliphatic rings. The summed E-state index contributed by atoms with van der Waals surface area (Å²) in [6, 6.07) is 2.16. The first-order valence-electron chi connectivity index (χ1n) is 11.9. The molecule has 0 unspecified atom stereocenters. The van der Waals surface area contributed by atoms with E-state index in [1.807, 2.05) is 6.92 Å². The number of aliphatic imine (C=N–C) groups is 1. The van der Waals surface area contributed by atoms with E-state index in [4.69, 9.17) is 10.5 Å². The third-order valence-electron chi connectivity index (χ3n) is 6.29. The average Bonchev–Trinajstić information content (AvgIpc) is 2.88. The lowest BCUT2D eigenvalue weighted by atomic mass is 10.1. The van der Waals surface area contributed by atoms with Gasteiger partial charge in [-0.2, -0.15) is 26.9 Å². The number of rotatable bonds is 6. The maximum atomic E-state index is 15.1. The van der Waals surface area contributed by atoms with Crippen molar-refractivity contribution < 1.29 is 31.1 Å². The number of fused-ring (bicyclic) bond motifs is 1. The van der Waals surface area contributed by atoms with Gasteiger partial charge in [-0.3, -0.25) is 0 Å². The van der Waals surface area contributed by atoms with Crippen molar-refractivity contribution in [3.63, 3.8) is 0 Å². The van der Waals surface area contributed by atoms with Gasteiger partial charge in [-0.05, 0) is 38.5 Å². The Balaban J connectivity index is 1.84. The molecular formula is C25H25F6N7O. The maximum absolute atomic E-state index is 15.1. The Bertz CT molecular complexity index is 1430. The number of hydrogen-bond acceptors (Lipinski definition) is 8. The highest BCUT2D eigenvalue weighted by atomic mass is 19.4. The molecule has 2 atom stereocenters. The Morgan fingerprint density at radius 1 is 1.15 bits per heavy atom. The summed E-state index contributed by atoms with van der Waals surface area (Å²) < 4.78 is 85.9. The molecule has 0 amide bonds. The first kappa shape index (κ1) is 28.2. The number of anilines is 1. The van der Waals surface area contributed by atoms with E-state index >= 15 is 4.39 Å². The normalized spacial score (nSPS) is 19.0. The SMILES string of the molecule is CC[C@H]1CN(c2nc(-c3ccc(C(F)(F)F)cc3F)c3nc(C)c(C)nc3n2)C[C@H](C(/C=N/C(F)F)=C/N)O1. The standard InChI is InChI=1S/C25H25F6N7O/c1-4-16-10-38(11-19(39-16)14(8-32)9-33-23(27)28)24-36-20(21-22(37-24)35-13(3)12(2)34-21)17-6-5-15(7-18(17)26)25(29,30)31/h5-9,16,19,23H,4,10-11,32H2,1-3H3/b14-8+,33-9+/t16-,19+/m0/s1. The Kier molecular flexibility index (Phi) is 8.04. The highest BCUT2D eigenvalue weighted by Gasteiger charge is 2.33. The quantitative estimate of drug-likeness (QED) is 0.261. The zero-order valence-electron chi connectivity index (χ0n) is 21.2. The molecule has 3 heterocycles. The topological polar surface area (TPSA) is 102 Å². The fourth-order valence-corrected chi connectivity index (χ4v) is 4.10. The van der Waals surface area contributed by atoms with Gasteiger partial charge in [-0.15, -0.1) is 0 Å². The van der Waals surface area contributed by atoms with Crippen LogP contribution in [0.5, 0.6) is 0 Å². The van der Waals surface area contributed by atoms with Gasteiger partial charge < -0.3 is 15.4 Å². The minimum Gasteiger partial charge on any atom is -0.404 e. The van der Waals surface area contributed by atoms with Gasteiger partial charge >= 0.3 is 12.7 Å². The molecule has 1 fully saturated rings. The van der Waals surface area contributed by atoms with Crippen LogP contribution in [0.25, 0.3) is 22.4 Å². The van der Waals surface area contributed by atoms with Gasteiger partial charge in [0.1, 0.15) is 23.1 Å². The molecule has 2 N–H and O–H groups in total. The number of benzene rings is 1. The number of morpholine rings is 1. The molecule has 0 bridgehead atoms. The number of alkyl halides is 5. The van der Waals surface area contributed by atoms with E-state index in [1.165, 1.54) is 0 Å². The van der Waals surface area contributed by atoms with E-state index in [2.05, 4.69) is 24.9 Å². The van der Waals surface area contributed by atoms with Crippen LogP contribution in [-0.4, -0.2) is 58.0 Å². The molecule has 1 aliphatic heterocycles. The first-order chi connectivity index (χ1) is 18.4. The molecule has 3 aromatic rings. The van der Waals surface area contributed by atoms with Crippen molar-refractivity contribution >= 4 is 23.3 Å². The largest absolute Gasteiger partial charge is 0.416 e. The van der Waals surface area contributed by atoms with E-state index in [9.17, 15) is 22.0 Å². The molecule has 1 aromatic carbocycles. The van der Waals surface area contributed by atoms with Gasteiger partial charge in [0, 0.05) is 30.1 Å². The minimum absolute atomic E-state index is 0.0400. The predicted octanol–water partition coefficient (Wildman–Crippen LogP) is 4.98. The Labute approximate surface area is 219 Å². The highest BCUT2D eigenvalue weighted by Crippen LogP contribution is 2.35.